The molecule has 7 heteroatoms. The monoisotopic (exact) mass is 170 g/mol. The second-order valence-corrected chi connectivity index (χ2v) is 1.71. The molecule has 0 bridgehead atoms. The number of amides is 1. The van der Waals surface area contributed by atoms with E-state index >= 15 is 0 Å². The van der Waals surface area contributed by atoms with Gasteiger partial charge in [-0.25, -0.2) is 9.78 Å². The number of hydrogen-bond donors (Lipinski definition) is 1. The molecule has 0 unspecified atom stereocenters. The number of hydrogen-bond acceptors (Lipinski definition) is 5. The van der Waals surface area contributed by atoms with Gasteiger partial charge >= 0.3 is 6.09 Å². The molecule has 0 atom stereocenters. The van der Waals surface area contributed by atoms with Crippen LogP contribution in [0.15, 0.2) is 17.4 Å². The van der Waals surface area contributed by atoms with Crippen molar-refractivity contribution in [3.8, 4) is 0 Å². The van der Waals surface area contributed by atoms with Crippen molar-refractivity contribution in [1.82, 2.24) is 14.9 Å². The number of carbonyl (C=O) groups is 1. The van der Waals surface area contributed by atoms with E-state index in [1.807, 2.05) is 0 Å². The lowest BCUT2D eigenvalue weighted by Crippen LogP contribution is -2.25. The van der Waals surface area contributed by atoms with Crippen LogP contribution in [-0.4, -0.2) is 33.3 Å². The summed E-state index contributed by atoms with van der Waals surface area (Å²) in [6.07, 6.45) is 1.68. The molecule has 0 radical (unpaired) electrons. The van der Waals surface area contributed by atoms with Crippen molar-refractivity contribution in [1.29, 1.82) is 0 Å². The molecule has 1 rings (SSSR count). The summed E-state index contributed by atoms with van der Waals surface area (Å²) >= 11 is 0. The number of methoxy groups -OCH3 is 1. The maximum Gasteiger partial charge on any atom is 0.436 e. The van der Waals surface area contributed by atoms with Gasteiger partial charge in [0.25, 0.3) is 5.62 Å². The first-order valence-corrected chi connectivity index (χ1v) is 2.96. The predicted molar refractivity (Wildman–Crippen MR) is 35.2 cm³/mol. The fraction of sp³-hybridized carbons (Fsp3) is 0.200. The van der Waals surface area contributed by atoms with Crippen molar-refractivity contribution >= 4 is 6.09 Å². The summed E-state index contributed by atoms with van der Waals surface area (Å²) in [6.45, 7) is 0. The normalized spacial score (nSPS) is 11.2. The van der Waals surface area contributed by atoms with E-state index in [0.29, 0.717) is 4.85 Å². The molecule has 7 nitrogen and oxygen atoms in total. The van der Waals surface area contributed by atoms with Crippen molar-refractivity contribution in [3.05, 3.63) is 18.0 Å². The summed E-state index contributed by atoms with van der Waals surface area (Å²) in [5, 5.41) is 12.3. The molecule has 0 spiro atoms. The second-order valence-electron chi connectivity index (χ2n) is 1.71. The molecule has 0 saturated heterocycles. The first kappa shape index (κ1) is 8.18. The van der Waals surface area contributed by atoms with E-state index in [1.54, 1.807) is 0 Å². The zero-order chi connectivity index (χ0) is 8.97. The maximum absolute atomic E-state index is 10.6. The molecule has 0 fully saturated rings. The highest BCUT2D eigenvalue weighted by atomic mass is 16.5. The second kappa shape index (κ2) is 3.46. The van der Waals surface area contributed by atoms with Gasteiger partial charge in [0.2, 0.25) is 0 Å². The average Bonchev–Trinajstić information content (AvgIpc) is 2.09. The highest BCUT2D eigenvalue weighted by molar-refractivity contribution is 5.67. The summed E-state index contributed by atoms with van der Waals surface area (Å²) in [7, 11) is 1.17. The van der Waals surface area contributed by atoms with Crippen molar-refractivity contribution in [2.24, 2.45) is 4.99 Å². The molecule has 0 saturated carbocycles. The molecule has 1 heterocycles. The van der Waals surface area contributed by atoms with Gasteiger partial charge in [-0.1, -0.05) is 4.85 Å². The Bertz CT molecular complexity index is 345. The Labute approximate surface area is 66.9 Å². The van der Waals surface area contributed by atoms with Gasteiger partial charge in [0.1, 0.15) is 0 Å². The third-order valence-electron chi connectivity index (χ3n) is 0.978. The van der Waals surface area contributed by atoms with Gasteiger partial charge in [0.05, 0.1) is 19.5 Å². The lowest BCUT2D eigenvalue weighted by Gasteiger charge is -1.92. The third kappa shape index (κ3) is 1.78. The van der Waals surface area contributed by atoms with E-state index < -0.39 is 6.09 Å². The molecule has 64 valence electrons. The first-order chi connectivity index (χ1) is 5.74. The Morgan fingerprint density at radius 3 is 3.08 bits per heavy atom. The molecule has 0 aliphatic carbocycles. The molecular formula is C5H6N4O3. The summed E-state index contributed by atoms with van der Waals surface area (Å²) < 4.78 is 4.21. The van der Waals surface area contributed by atoms with Gasteiger partial charge in [-0.15, -0.1) is 10.1 Å². The van der Waals surface area contributed by atoms with Gasteiger partial charge in [-0.3, -0.25) is 0 Å². The third-order valence-corrected chi connectivity index (χ3v) is 0.978. The van der Waals surface area contributed by atoms with Gasteiger partial charge in [-0.05, 0) is 0 Å². The number of aromatic nitrogens is 3. The molecule has 1 N–H and O–H groups in total. The molecule has 0 aliphatic rings. The van der Waals surface area contributed by atoms with Gasteiger partial charge in [0, 0.05) is 0 Å². The fourth-order valence-corrected chi connectivity index (χ4v) is 0.497. The molecule has 1 amide bonds. The lowest BCUT2D eigenvalue weighted by atomic mass is 10.9. The van der Waals surface area contributed by atoms with Crippen LogP contribution in [0.2, 0.25) is 0 Å². The molecule has 0 aliphatic heterocycles. The quantitative estimate of drug-likeness (QED) is 0.514. The van der Waals surface area contributed by atoms with Crippen molar-refractivity contribution in [2.75, 3.05) is 7.11 Å². The highest BCUT2D eigenvalue weighted by Crippen LogP contribution is 1.75. The Hall–Kier alpha value is -1.92. The van der Waals surface area contributed by atoms with Crippen LogP contribution in [0.3, 0.4) is 0 Å². The van der Waals surface area contributed by atoms with E-state index in [1.165, 1.54) is 19.5 Å². The van der Waals surface area contributed by atoms with Gasteiger partial charge in [0.15, 0.2) is 0 Å². The summed E-state index contributed by atoms with van der Waals surface area (Å²) in [5.41, 5.74) is -0.232. The minimum atomic E-state index is -0.849. The largest absolute Gasteiger partial charge is 0.451 e. The summed E-state index contributed by atoms with van der Waals surface area (Å²) in [6, 6.07) is 0. The van der Waals surface area contributed by atoms with Crippen LogP contribution in [0.4, 0.5) is 4.79 Å². The van der Waals surface area contributed by atoms with Crippen LogP contribution in [0.5, 0.6) is 0 Å². The fourth-order valence-electron chi connectivity index (χ4n) is 0.497. The zero-order valence-electron chi connectivity index (χ0n) is 6.21. The van der Waals surface area contributed by atoms with E-state index in [0.717, 1.165) is 0 Å². The smallest absolute Gasteiger partial charge is 0.436 e. The number of rotatable bonds is 0. The van der Waals surface area contributed by atoms with Crippen molar-refractivity contribution in [2.45, 2.75) is 0 Å². The van der Waals surface area contributed by atoms with E-state index in [-0.39, 0.29) is 5.62 Å². The molecule has 0 aromatic carbocycles. The molecule has 12 heavy (non-hydrogen) atoms. The van der Waals surface area contributed by atoms with Crippen LogP contribution < -0.4 is 5.62 Å². The topological polar surface area (TPSA) is 89.6 Å². The summed E-state index contributed by atoms with van der Waals surface area (Å²) in [5.74, 6) is 0. The van der Waals surface area contributed by atoms with E-state index in [9.17, 15) is 4.79 Å². The average molecular weight is 170 g/mol. The number of ether oxygens (including phenoxy) is 1. The standard InChI is InChI=1S/C5H6N4O3/c1-12-5(10)8-4-6-2-3-7-9(4)11/h2-3,11H,1H3/b8-4+. The van der Waals surface area contributed by atoms with Crippen LogP contribution in [-0.2, 0) is 4.74 Å². The Morgan fingerprint density at radius 1 is 1.75 bits per heavy atom. The molecule has 1 aromatic rings. The maximum atomic E-state index is 10.6. The SMILES string of the molecule is COC(=O)/N=c1\nccnn1O. The Kier molecular flexibility index (Phi) is 2.36. The number of carbonyl (C=O) groups excluding carboxylic acids is 1. The number of nitrogens with zero attached hydrogens (tertiary/aromatic N) is 4. The minimum absolute atomic E-state index is 0.232. The highest BCUT2D eigenvalue weighted by Gasteiger charge is 1.96. The van der Waals surface area contributed by atoms with Crippen molar-refractivity contribution in [3.63, 3.8) is 0 Å². The minimum Gasteiger partial charge on any atom is -0.451 e. The van der Waals surface area contributed by atoms with Gasteiger partial charge in [-0.2, -0.15) is 0 Å². The van der Waals surface area contributed by atoms with Crippen LogP contribution in [0.25, 0.3) is 0 Å². The Morgan fingerprint density at radius 2 is 2.50 bits per heavy atom. The molecule has 1 aromatic heterocycles. The van der Waals surface area contributed by atoms with E-state index in [4.69, 9.17) is 5.21 Å². The molecular weight excluding hydrogens is 164 g/mol. The Balaban J connectivity index is 3.10. The lowest BCUT2D eigenvalue weighted by molar-refractivity contribution is 0.123. The van der Waals surface area contributed by atoms with Crippen molar-refractivity contribution < 1.29 is 14.7 Å². The summed E-state index contributed by atoms with van der Waals surface area (Å²) in [4.78, 5) is 17.7. The zero-order valence-corrected chi connectivity index (χ0v) is 6.21. The van der Waals surface area contributed by atoms with Gasteiger partial charge < -0.3 is 9.94 Å². The van der Waals surface area contributed by atoms with Crippen LogP contribution in [0.1, 0.15) is 0 Å². The predicted octanol–water partition coefficient (Wildman–Crippen LogP) is -0.818. The van der Waals surface area contributed by atoms with Crippen LogP contribution in [0, 0.1) is 0 Å². The van der Waals surface area contributed by atoms with Crippen LogP contribution >= 0.6 is 0 Å². The van der Waals surface area contributed by atoms with E-state index in [2.05, 4.69) is 19.8 Å². The first-order valence-electron chi connectivity index (χ1n) is 2.96.